The van der Waals surface area contributed by atoms with Crippen molar-refractivity contribution in [3.05, 3.63) is 71.5 Å². The van der Waals surface area contributed by atoms with Crippen molar-refractivity contribution in [3.63, 3.8) is 0 Å². The Bertz CT molecular complexity index is 936. The molecule has 1 unspecified atom stereocenters. The van der Waals surface area contributed by atoms with E-state index >= 15 is 0 Å². The highest BCUT2D eigenvalue weighted by Crippen LogP contribution is 2.44. The Kier molecular flexibility index (Phi) is 5.56. The summed E-state index contributed by atoms with van der Waals surface area (Å²) in [5.74, 6) is 0.761. The van der Waals surface area contributed by atoms with Crippen LogP contribution in [-0.4, -0.2) is 17.1 Å². The van der Waals surface area contributed by atoms with Crippen molar-refractivity contribution >= 4 is 22.4 Å². The van der Waals surface area contributed by atoms with Crippen LogP contribution in [0.3, 0.4) is 0 Å². The maximum atomic E-state index is 6.63. The Morgan fingerprint density at radius 3 is 2.61 bits per heavy atom. The SMILES string of the molecule is CCC(N)[C@]1(c2ccccc2)CC[C@H](Oc2cc3ccncc3cc2Cl)CC1. The molecule has 1 fully saturated rings. The smallest absolute Gasteiger partial charge is 0.138 e. The molecular formula is C24H27ClN2O. The summed E-state index contributed by atoms with van der Waals surface area (Å²) >= 11 is 6.47. The third-order valence-electron chi connectivity index (χ3n) is 6.31. The maximum absolute atomic E-state index is 6.63. The molecule has 28 heavy (non-hydrogen) atoms. The summed E-state index contributed by atoms with van der Waals surface area (Å²) in [4.78, 5) is 4.16. The number of nitrogens with zero attached hydrogens (tertiary/aromatic N) is 1. The van der Waals surface area contributed by atoms with Crippen molar-refractivity contribution in [1.82, 2.24) is 4.98 Å². The van der Waals surface area contributed by atoms with Gasteiger partial charge < -0.3 is 10.5 Å². The van der Waals surface area contributed by atoms with Crippen molar-refractivity contribution in [2.45, 2.75) is 56.6 Å². The van der Waals surface area contributed by atoms with Gasteiger partial charge in [0.1, 0.15) is 5.75 Å². The Labute approximate surface area is 171 Å². The maximum Gasteiger partial charge on any atom is 0.138 e. The minimum absolute atomic E-state index is 0.0364. The predicted octanol–water partition coefficient (Wildman–Crippen LogP) is 5.88. The molecule has 1 saturated carbocycles. The normalized spacial score (nSPS) is 23.5. The van der Waals surface area contributed by atoms with Crippen LogP contribution in [0.1, 0.15) is 44.6 Å². The molecule has 4 rings (SSSR count). The molecule has 146 valence electrons. The number of fused-ring (bicyclic) bond motifs is 1. The molecule has 1 aliphatic rings. The number of halogens is 1. The lowest BCUT2D eigenvalue weighted by molar-refractivity contribution is 0.104. The molecule has 3 nitrogen and oxygen atoms in total. The molecule has 1 heterocycles. The highest BCUT2D eigenvalue weighted by molar-refractivity contribution is 6.32. The minimum atomic E-state index is 0.0364. The third-order valence-corrected chi connectivity index (χ3v) is 6.60. The number of aromatic nitrogens is 1. The first-order valence-corrected chi connectivity index (χ1v) is 10.5. The minimum Gasteiger partial charge on any atom is -0.489 e. The zero-order chi connectivity index (χ0) is 19.6. The molecule has 0 aliphatic heterocycles. The van der Waals surface area contributed by atoms with E-state index in [2.05, 4.69) is 42.2 Å². The van der Waals surface area contributed by atoms with Gasteiger partial charge in [-0.1, -0.05) is 48.9 Å². The van der Waals surface area contributed by atoms with Crippen molar-refractivity contribution < 1.29 is 4.74 Å². The fourth-order valence-electron chi connectivity index (χ4n) is 4.62. The van der Waals surface area contributed by atoms with E-state index < -0.39 is 0 Å². The zero-order valence-electron chi connectivity index (χ0n) is 16.3. The molecule has 2 aromatic carbocycles. The average Bonchev–Trinajstić information content (AvgIpc) is 2.75. The van der Waals surface area contributed by atoms with E-state index in [0.29, 0.717) is 5.02 Å². The van der Waals surface area contributed by atoms with E-state index in [0.717, 1.165) is 48.6 Å². The lowest BCUT2D eigenvalue weighted by Gasteiger charge is -2.44. The molecule has 0 saturated heterocycles. The number of ether oxygens (including phenoxy) is 1. The number of hydrogen-bond acceptors (Lipinski definition) is 3. The number of benzene rings is 2. The van der Waals surface area contributed by atoms with Gasteiger partial charge in [-0.3, -0.25) is 4.98 Å². The fraction of sp³-hybridized carbons (Fsp3) is 0.375. The first kappa shape index (κ1) is 19.2. The molecular weight excluding hydrogens is 368 g/mol. The van der Waals surface area contributed by atoms with Gasteiger partial charge in [0, 0.05) is 29.2 Å². The second-order valence-electron chi connectivity index (χ2n) is 7.86. The van der Waals surface area contributed by atoms with Gasteiger partial charge in [0.15, 0.2) is 0 Å². The Morgan fingerprint density at radius 2 is 1.89 bits per heavy atom. The summed E-state index contributed by atoms with van der Waals surface area (Å²) in [5.41, 5.74) is 8.03. The molecule has 0 radical (unpaired) electrons. The molecule has 0 bridgehead atoms. The first-order valence-electron chi connectivity index (χ1n) is 10.1. The summed E-state index contributed by atoms with van der Waals surface area (Å²) in [5, 5.41) is 2.77. The van der Waals surface area contributed by atoms with E-state index in [4.69, 9.17) is 22.1 Å². The number of hydrogen-bond donors (Lipinski definition) is 1. The van der Waals surface area contributed by atoms with Gasteiger partial charge in [0.25, 0.3) is 0 Å². The Hall–Kier alpha value is -2.10. The summed E-state index contributed by atoms with van der Waals surface area (Å²) < 4.78 is 6.34. The second kappa shape index (κ2) is 8.10. The predicted molar refractivity (Wildman–Crippen MR) is 116 cm³/mol. The molecule has 0 spiro atoms. The molecule has 3 aromatic rings. The van der Waals surface area contributed by atoms with Crippen LogP contribution in [-0.2, 0) is 5.41 Å². The van der Waals surface area contributed by atoms with E-state index in [9.17, 15) is 0 Å². The van der Waals surface area contributed by atoms with Gasteiger partial charge in [-0.05, 0) is 61.3 Å². The highest BCUT2D eigenvalue weighted by Gasteiger charge is 2.41. The molecule has 4 heteroatoms. The molecule has 1 aliphatic carbocycles. The average molecular weight is 395 g/mol. The molecule has 1 atom stereocenters. The van der Waals surface area contributed by atoms with E-state index in [1.54, 1.807) is 6.20 Å². The van der Waals surface area contributed by atoms with E-state index in [1.807, 2.05) is 24.4 Å². The van der Waals surface area contributed by atoms with Crippen LogP contribution in [0.4, 0.5) is 0 Å². The largest absolute Gasteiger partial charge is 0.489 e. The van der Waals surface area contributed by atoms with Gasteiger partial charge >= 0.3 is 0 Å². The van der Waals surface area contributed by atoms with E-state index in [-0.39, 0.29) is 17.6 Å². The molecule has 1 aromatic heterocycles. The van der Waals surface area contributed by atoms with Crippen LogP contribution in [0.25, 0.3) is 10.8 Å². The lowest BCUT2D eigenvalue weighted by atomic mass is 9.64. The number of nitrogens with two attached hydrogens (primary N) is 1. The number of pyridine rings is 1. The molecule has 0 amide bonds. The molecule has 2 N–H and O–H groups in total. The van der Waals surface area contributed by atoms with Crippen LogP contribution in [0.5, 0.6) is 5.75 Å². The van der Waals surface area contributed by atoms with Crippen LogP contribution < -0.4 is 10.5 Å². The lowest BCUT2D eigenvalue weighted by Crippen LogP contribution is -2.48. The van der Waals surface area contributed by atoms with Crippen LogP contribution in [0, 0.1) is 0 Å². The fourth-order valence-corrected chi connectivity index (χ4v) is 4.83. The first-order chi connectivity index (χ1) is 13.6. The van der Waals surface area contributed by atoms with Crippen molar-refractivity contribution in [2.75, 3.05) is 0 Å². The monoisotopic (exact) mass is 394 g/mol. The highest BCUT2D eigenvalue weighted by atomic mass is 35.5. The summed E-state index contributed by atoms with van der Waals surface area (Å²) in [6.07, 6.45) is 8.79. The van der Waals surface area contributed by atoms with Gasteiger partial charge in [-0.25, -0.2) is 0 Å². The standard InChI is InChI=1S/C24H27ClN2O/c1-2-23(26)24(19-6-4-3-5-7-19)11-8-20(9-12-24)28-22-15-17-10-13-27-16-18(17)14-21(22)25/h3-7,10,13-16,20,23H,2,8-9,11-12,26H2,1H3/t20-,23?,24+. The summed E-state index contributed by atoms with van der Waals surface area (Å²) in [6.45, 7) is 2.18. The quantitative estimate of drug-likeness (QED) is 0.587. The van der Waals surface area contributed by atoms with Crippen LogP contribution in [0.2, 0.25) is 5.02 Å². The van der Waals surface area contributed by atoms with Crippen molar-refractivity contribution in [2.24, 2.45) is 5.73 Å². The topological polar surface area (TPSA) is 48.1 Å². The second-order valence-corrected chi connectivity index (χ2v) is 8.27. The summed E-state index contributed by atoms with van der Waals surface area (Å²) in [7, 11) is 0. The van der Waals surface area contributed by atoms with E-state index in [1.165, 1.54) is 5.56 Å². The van der Waals surface area contributed by atoms with Crippen LogP contribution >= 0.6 is 11.6 Å². The zero-order valence-corrected chi connectivity index (χ0v) is 17.0. The van der Waals surface area contributed by atoms with Gasteiger partial charge in [-0.15, -0.1) is 0 Å². The summed E-state index contributed by atoms with van der Waals surface area (Å²) in [6, 6.07) is 16.9. The Morgan fingerprint density at radius 1 is 1.14 bits per heavy atom. The number of rotatable bonds is 5. The van der Waals surface area contributed by atoms with Crippen molar-refractivity contribution in [1.29, 1.82) is 0 Å². The van der Waals surface area contributed by atoms with Gasteiger partial charge in [0.05, 0.1) is 11.1 Å². The Balaban J connectivity index is 1.52. The van der Waals surface area contributed by atoms with Crippen molar-refractivity contribution in [3.8, 4) is 5.75 Å². The van der Waals surface area contributed by atoms with Crippen LogP contribution in [0.15, 0.2) is 60.9 Å². The van der Waals surface area contributed by atoms with Gasteiger partial charge in [0.2, 0.25) is 0 Å². The third kappa shape index (κ3) is 3.61. The van der Waals surface area contributed by atoms with Gasteiger partial charge in [-0.2, -0.15) is 0 Å².